The van der Waals surface area contributed by atoms with Crippen LogP contribution in [0.4, 0.5) is 0 Å². The van der Waals surface area contributed by atoms with Crippen molar-refractivity contribution in [3.05, 3.63) is 58.6 Å². The zero-order valence-electron chi connectivity index (χ0n) is 15.1. The van der Waals surface area contributed by atoms with Gasteiger partial charge in [0.25, 0.3) is 0 Å². The average molecular weight is 422 g/mol. The van der Waals surface area contributed by atoms with Crippen LogP contribution in [-0.4, -0.2) is 27.2 Å². The van der Waals surface area contributed by atoms with Crippen LogP contribution in [0.3, 0.4) is 0 Å². The largest absolute Gasteiger partial charge is 0.493 e. The van der Waals surface area contributed by atoms with E-state index in [1.54, 1.807) is 7.11 Å². The molecule has 0 unspecified atom stereocenters. The molecule has 2 aromatic carbocycles. The van der Waals surface area contributed by atoms with Gasteiger partial charge in [0.2, 0.25) is 0 Å². The summed E-state index contributed by atoms with van der Waals surface area (Å²) in [5.41, 5.74) is 2.24. The zero-order chi connectivity index (χ0) is 17.2. The third-order valence-corrected chi connectivity index (χ3v) is 3.90. The summed E-state index contributed by atoms with van der Waals surface area (Å²) in [7, 11) is 3.63. The van der Waals surface area contributed by atoms with E-state index in [0.717, 1.165) is 48.1 Å². The molecule has 0 atom stereocenters. The Morgan fingerprint density at radius 1 is 0.923 bits per heavy atom. The molecule has 0 heterocycles. The van der Waals surface area contributed by atoms with E-state index in [1.807, 2.05) is 43.4 Å². The quantitative estimate of drug-likeness (QED) is 0.555. The first kappa shape index (κ1) is 24.8. The van der Waals surface area contributed by atoms with Gasteiger partial charge in [-0.25, -0.2) is 0 Å². The molecule has 0 aliphatic heterocycles. The van der Waals surface area contributed by atoms with Crippen molar-refractivity contribution in [1.29, 1.82) is 0 Å². The summed E-state index contributed by atoms with van der Waals surface area (Å²) in [6.45, 7) is 3.30. The Morgan fingerprint density at radius 2 is 1.62 bits per heavy atom. The van der Waals surface area contributed by atoms with Crippen molar-refractivity contribution in [3.63, 3.8) is 0 Å². The van der Waals surface area contributed by atoms with E-state index >= 15 is 0 Å². The molecule has 26 heavy (non-hydrogen) atoms. The molecule has 2 rings (SSSR count). The first-order chi connectivity index (χ1) is 11.7. The fourth-order valence-electron chi connectivity index (χ4n) is 2.31. The van der Waals surface area contributed by atoms with Crippen LogP contribution in [0.2, 0.25) is 5.02 Å². The number of nitrogens with one attached hydrogen (secondary N) is 2. The van der Waals surface area contributed by atoms with Crippen molar-refractivity contribution in [3.8, 4) is 11.5 Å². The maximum Gasteiger partial charge on any atom is 0.161 e. The maximum absolute atomic E-state index is 5.89. The zero-order valence-corrected chi connectivity index (χ0v) is 17.5. The first-order valence-corrected chi connectivity index (χ1v) is 8.50. The third kappa shape index (κ3) is 8.47. The highest BCUT2D eigenvalue weighted by Crippen LogP contribution is 2.29. The number of hydrogen-bond acceptors (Lipinski definition) is 4. The minimum Gasteiger partial charge on any atom is -0.493 e. The number of halogens is 3. The highest BCUT2D eigenvalue weighted by molar-refractivity contribution is 6.30. The predicted octanol–water partition coefficient (Wildman–Crippen LogP) is 4.47. The molecule has 2 N–H and O–H groups in total. The normalized spacial score (nSPS) is 9.81. The lowest BCUT2D eigenvalue weighted by Crippen LogP contribution is -2.19. The molecule has 7 heteroatoms. The van der Waals surface area contributed by atoms with Crippen LogP contribution in [-0.2, 0) is 13.2 Å². The summed E-state index contributed by atoms with van der Waals surface area (Å²) in [5, 5.41) is 7.29. The molecule has 2 aromatic rings. The lowest BCUT2D eigenvalue weighted by atomic mass is 10.2. The van der Waals surface area contributed by atoms with E-state index < -0.39 is 0 Å². The molecule has 0 saturated carbocycles. The number of benzene rings is 2. The van der Waals surface area contributed by atoms with Crippen LogP contribution < -0.4 is 20.1 Å². The second kappa shape index (κ2) is 14.0. The Balaban J connectivity index is 0.00000312. The van der Waals surface area contributed by atoms with Gasteiger partial charge in [-0.1, -0.05) is 29.8 Å². The third-order valence-electron chi connectivity index (χ3n) is 3.65. The fourth-order valence-corrected chi connectivity index (χ4v) is 2.43. The maximum atomic E-state index is 5.89. The van der Waals surface area contributed by atoms with Crippen molar-refractivity contribution in [1.82, 2.24) is 10.6 Å². The molecular formula is C19H27Cl3N2O2. The summed E-state index contributed by atoms with van der Waals surface area (Å²) in [6, 6.07) is 13.7. The van der Waals surface area contributed by atoms with Gasteiger partial charge in [0.15, 0.2) is 11.5 Å². The van der Waals surface area contributed by atoms with E-state index in [-0.39, 0.29) is 24.8 Å². The summed E-state index contributed by atoms with van der Waals surface area (Å²) in [4.78, 5) is 0. The average Bonchev–Trinajstić information content (AvgIpc) is 2.61. The second-order valence-electron chi connectivity index (χ2n) is 5.53. The molecule has 4 nitrogen and oxygen atoms in total. The van der Waals surface area contributed by atoms with Crippen LogP contribution in [0.5, 0.6) is 11.5 Å². The second-order valence-corrected chi connectivity index (χ2v) is 5.97. The highest BCUT2D eigenvalue weighted by atomic mass is 35.5. The van der Waals surface area contributed by atoms with Crippen molar-refractivity contribution < 1.29 is 9.47 Å². The summed E-state index contributed by atoms with van der Waals surface area (Å²) >= 11 is 5.89. The topological polar surface area (TPSA) is 42.5 Å². The van der Waals surface area contributed by atoms with Crippen molar-refractivity contribution in [2.45, 2.75) is 19.6 Å². The van der Waals surface area contributed by atoms with Gasteiger partial charge >= 0.3 is 0 Å². The van der Waals surface area contributed by atoms with Gasteiger partial charge in [0.1, 0.15) is 6.61 Å². The molecule has 0 amide bonds. The van der Waals surface area contributed by atoms with Crippen LogP contribution >= 0.6 is 36.4 Å². The summed E-state index contributed by atoms with van der Waals surface area (Å²) in [6.07, 6.45) is 1.11. The number of ether oxygens (including phenoxy) is 2. The molecule has 0 saturated heterocycles. The minimum absolute atomic E-state index is 0. The van der Waals surface area contributed by atoms with Crippen LogP contribution in [0.25, 0.3) is 0 Å². The molecular weight excluding hydrogens is 395 g/mol. The van der Waals surface area contributed by atoms with Crippen LogP contribution in [0.1, 0.15) is 17.5 Å². The van der Waals surface area contributed by atoms with E-state index in [4.69, 9.17) is 21.1 Å². The van der Waals surface area contributed by atoms with Gasteiger partial charge in [-0.3, -0.25) is 0 Å². The van der Waals surface area contributed by atoms with E-state index in [0.29, 0.717) is 6.61 Å². The molecule has 0 aliphatic carbocycles. The Labute approximate surface area is 173 Å². The highest BCUT2D eigenvalue weighted by Gasteiger charge is 2.06. The van der Waals surface area contributed by atoms with Gasteiger partial charge in [-0.2, -0.15) is 0 Å². The van der Waals surface area contributed by atoms with E-state index in [2.05, 4.69) is 16.7 Å². The molecule has 0 spiro atoms. The monoisotopic (exact) mass is 420 g/mol. The van der Waals surface area contributed by atoms with Gasteiger partial charge in [0, 0.05) is 11.6 Å². The fraction of sp³-hybridized carbons (Fsp3) is 0.368. The number of hydrogen-bond donors (Lipinski definition) is 2. The van der Waals surface area contributed by atoms with Gasteiger partial charge in [-0.15, -0.1) is 24.8 Å². The molecule has 0 aliphatic rings. The lowest BCUT2D eigenvalue weighted by Gasteiger charge is -2.13. The van der Waals surface area contributed by atoms with E-state index in [9.17, 15) is 0 Å². The van der Waals surface area contributed by atoms with Crippen molar-refractivity contribution in [2.75, 3.05) is 27.2 Å². The van der Waals surface area contributed by atoms with Crippen LogP contribution in [0.15, 0.2) is 42.5 Å². The molecule has 146 valence electrons. The predicted molar refractivity (Wildman–Crippen MR) is 114 cm³/mol. The van der Waals surface area contributed by atoms with E-state index in [1.165, 1.54) is 5.56 Å². The van der Waals surface area contributed by atoms with Crippen molar-refractivity contribution in [2.24, 2.45) is 0 Å². The SMILES string of the molecule is CNCCCNCc1ccc(OCc2ccc(Cl)cc2)c(OC)c1.Cl.Cl. The number of methoxy groups -OCH3 is 1. The summed E-state index contributed by atoms with van der Waals surface area (Å²) in [5.74, 6) is 1.49. The Morgan fingerprint density at radius 3 is 2.27 bits per heavy atom. The van der Waals surface area contributed by atoms with Gasteiger partial charge < -0.3 is 20.1 Å². The Bertz CT molecular complexity index is 625. The van der Waals surface area contributed by atoms with Crippen molar-refractivity contribution >= 4 is 36.4 Å². The van der Waals surface area contributed by atoms with Gasteiger partial charge in [-0.05, 0) is 62.0 Å². The minimum atomic E-state index is 0. The Kier molecular flexibility index (Phi) is 13.3. The van der Waals surface area contributed by atoms with Crippen LogP contribution in [0, 0.1) is 0 Å². The molecule has 0 fully saturated rings. The first-order valence-electron chi connectivity index (χ1n) is 8.12. The molecule has 0 aromatic heterocycles. The lowest BCUT2D eigenvalue weighted by molar-refractivity contribution is 0.284. The standard InChI is InChI=1S/C19H25ClN2O2.2ClH/c1-21-10-3-11-22-13-16-6-9-18(19(12-16)23-2)24-14-15-4-7-17(20)8-5-15;;/h4-9,12,21-22H,3,10-11,13-14H2,1-2H3;2*1H. The molecule has 0 bridgehead atoms. The summed E-state index contributed by atoms with van der Waals surface area (Å²) < 4.78 is 11.3. The number of rotatable bonds is 10. The van der Waals surface area contributed by atoms with Gasteiger partial charge in [0.05, 0.1) is 7.11 Å². The smallest absolute Gasteiger partial charge is 0.161 e. The molecule has 0 radical (unpaired) electrons. The Hall–Kier alpha value is -1.17.